The zero-order valence-electron chi connectivity index (χ0n) is 12.1. The maximum atomic E-state index is 12.3. The third-order valence-corrected chi connectivity index (χ3v) is 4.35. The average molecular weight is 300 g/mol. The van der Waals surface area contributed by atoms with Crippen molar-refractivity contribution in [2.45, 2.75) is 19.5 Å². The quantitative estimate of drug-likeness (QED) is 0.882. The van der Waals surface area contributed by atoms with Crippen LogP contribution in [0, 0.1) is 11.3 Å². The molecule has 0 saturated heterocycles. The molecular weight excluding hydrogens is 282 g/mol. The van der Waals surface area contributed by atoms with E-state index in [0.29, 0.717) is 11.3 Å². The van der Waals surface area contributed by atoms with Gasteiger partial charge in [0.05, 0.1) is 23.2 Å². The van der Waals surface area contributed by atoms with Gasteiger partial charge in [-0.25, -0.2) is 0 Å². The van der Waals surface area contributed by atoms with Gasteiger partial charge in [0.25, 0.3) is 5.91 Å². The molecule has 0 fully saturated rings. The van der Waals surface area contributed by atoms with Crippen molar-refractivity contribution in [1.82, 2.24) is 0 Å². The van der Waals surface area contributed by atoms with Crippen molar-refractivity contribution in [2.75, 3.05) is 12.4 Å². The maximum Gasteiger partial charge on any atom is 0.282 e. The molecule has 5 heteroatoms. The molecule has 2 rings (SSSR count). The number of nitrogens with zero attached hydrogens (tertiary/aromatic N) is 1. The van der Waals surface area contributed by atoms with Gasteiger partial charge in [-0.05, 0) is 30.5 Å². The molecule has 21 heavy (non-hydrogen) atoms. The van der Waals surface area contributed by atoms with Gasteiger partial charge in [-0.1, -0.05) is 18.2 Å². The lowest BCUT2D eigenvalue weighted by Gasteiger charge is -2.20. The molecular formula is C16H18N3OS+. The second-order valence-corrected chi connectivity index (χ2v) is 6.00. The summed E-state index contributed by atoms with van der Waals surface area (Å²) in [6, 6.07) is 13.0. The number of rotatable bonds is 5. The van der Waals surface area contributed by atoms with E-state index in [4.69, 9.17) is 5.26 Å². The number of carbonyl (C=O) groups is 1. The summed E-state index contributed by atoms with van der Waals surface area (Å²) in [5, 5.41) is 13.9. The number of hydrogen-bond donors (Lipinski definition) is 2. The van der Waals surface area contributed by atoms with Crippen molar-refractivity contribution in [3.05, 3.63) is 52.2 Å². The fourth-order valence-electron chi connectivity index (χ4n) is 2.00. The Morgan fingerprint density at radius 1 is 1.38 bits per heavy atom. The summed E-state index contributed by atoms with van der Waals surface area (Å²) in [5.74, 6) is -0.0771. The summed E-state index contributed by atoms with van der Waals surface area (Å²) in [7, 11) is 2.00. The lowest BCUT2D eigenvalue weighted by molar-refractivity contribution is -0.907. The summed E-state index contributed by atoms with van der Waals surface area (Å²) in [4.78, 5) is 14.7. The fourth-order valence-corrected chi connectivity index (χ4v) is 2.80. The lowest BCUT2D eigenvalue weighted by Crippen LogP contribution is -3.12. The van der Waals surface area contributed by atoms with Crippen molar-refractivity contribution >= 4 is 22.9 Å². The highest BCUT2D eigenvalue weighted by Gasteiger charge is 2.22. The highest BCUT2D eigenvalue weighted by atomic mass is 32.1. The van der Waals surface area contributed by atoms with E-state index < -0.39 is 0 Å². The molecule has 0 aliphatic carbocycles. The van der Waals surface area contributed by atoms with E-state index in [-0.39, 0.29) is 11.9 Å². The Balaban J connectivity index is 2.01. The number of nitrogens with one attached hydrogen (secondary N) is 2. The Labute approximate surface area is 128 Å². The van der Waals surface area contributed by atoms with E-state index in [1.54, 1.807) is 29.5 Å². The normalized spacial score (nSPS) is 13.2. The molecule has 2 aromatic rings. The minimum Gasteiger partial charge on any atom is -0.323 e. The van der Waals surface area contributed by atoms with Crippen LogP contribution < -0.4 is 10.2 Å². The molecule has 1 unspecified atom stereocenters. The van der Waals surface area contributed by atoms with Crippen LogP contribution in [0.4, 0.5) is 5.69 Å². The number of hydrogen-bond acceptors (Lipinski definition) is 3. The Kier molecular flexibility index (Phi) is 5.09. The standard InChI is InChI=1S/C16H17N3OS/c1-12(19(2)11-14-7-5-9-21-14)16(20)18-15-8-4-3-6-13(15)10-17/h3-9,12H,11H2,1-2H3,(H,18,20)/p+1/t12-/m1/s1. The van der Waals surface area contributed by atoms with Crippen LogP contribution in [-0.4, -0.2) is 19.0 Å². The second-order valence-electron chi connectivity index (χ2n) is 4.97. The monoisotopic (exact) mass is 300 g/mol. The molecule has 1 amide bonds. The van der Waals surface area contributed by atoms with Crippen LogP contribution in [-0.2, 0) is 11.3 Å². The van der Waals surface area contributed by atoms with Gasteiger partial charge in [0.15, 0.2) is 6.04 Å². The van der Waals surface area contributed by atoms with Gasteiger partial charge in [0.1, 0.15) is 12.6 Å². The van der Waals surface area contributed by atoms with E-state index in [9.17, 15) is 4.79 Å². The summed E-state index contributed by atoms with van der Waals surface area (Å²) in [5.41, 5.74) is 1.05. The number of carbonyl (C=O) groups excluding carboxylic acids is 1. The Morgan fingerprint density at radius 2 is 2.14 bits per heavy atom. The van der Waals surface area contributed by atoms with Crippen molar-refractivity contribution < 1.29 is 9.69 Å². The molecule has 108 valence electrons. The van der Waals surface area contributed by atoms with Crippen LogP contribution >= 0.6 is 11.3 Å². The zero-order valence-corrected chi connectivity index (χ0v) is 12.9. The van der Waals surface area contributed by atoms with Crippen LogP contribution in [0.2, 0.25) is 0 Å². The summed E-state index contributed by atoms with van der Waals surface area (Å²) < 4.78 is 0. The fraction of sp³-hybridized carbons (Fsp3) is 0.250. The van der Waals surface area contributed by atoms with Gasteiger partial charge in [0, 0.05) is 0 Å². The molecule has 0 aliphatic heterocycles. The van der Waals surface area contributed by atoms with Gasteiger partial charge in [-0.15, -0.1) is 11.3 Å². The Hall–Kier alpha value is -2.16. The van der Waals surface area contributed by atoms with Crippen molar-refractivity contribution in [1.29, 1.82) is 5.26 Å². The van der Waals surface area contributed by atoms with Gasteiger partial charge in [0.2, 0.25) is 0 Å². The Morgan fingerprint density at radius 3 is 2.81 bits per heavy atom. The molecule has 1 aromatic carbocycles. The highest BCUT2D eigenvalue weighted by molar-refractivity contribution is 7.09. The van der Waals surface area contributed by atoms with Gasteiger partial charge < -0.3 is 10.2 Å². The Bertz CT molecular complexity index is 646. The molecule has 2 atom stereocenters. The maximum absolute atomic E-state index is 12.3. The first kappa shape index (κ1) is 15.2. The van der Waals surface area contributed by atoms with E-state index >= 15 is 0 Å². The first-order valence-corrected chi connectivity index (χ1v) is 7.64. The number of benzene rings is 1. The largest absolute Gasteiger partial charge is 0.323 e. The van der Waals surface area contributed by atoms with Crippen LogP contribution in [0.3, 0.4) is 0 Å². The third-order valence-electron chi connectivity index (χ3n) is 3.47. The molecule has 1 heterocycles. The summed E-state index contributed by atoms with van der Waals surface area (Å²) >= 11 is 1.69. The smallest absolute Gasteiger partial charge is 0.282 e. The SMILES string of the molecule is C[C@H](C(=O)Nc1ccccc1C#N)[NH+](C)Cc1cccs1. The van der Waals surface area contributed by atoms with E-state index in [1.807, 2.05) is 31.5 Å². The molecule has 0 saturated carbocycles. The van der Waals surface area contributed by atoms with E-state index in [0.717, 1.165) is 11.4 Å². The predicted octanol–water partition coefficient (Wildman–Crippen LogP) is 1.66. The van der Waals surface area contributed by atoms with Crippen molar-refractivity contribution in [2.24, 2.45) is 0 Å². The van der Waals surface area contributed by atoms with Crippen LogP contribution in [0.5, 0.6) is 0 Å². The number of thiophene rings is 1. The molecule has 0 radical (unpaired) electrons. The van der Waals surface area contributed by atoms with Crippen LogP contribution in [0.1, 0.15) is 17.4 Å². The number of likely N-dealkylation sites (N-methyl/N-ethyl adjacent to an activating group) is 1. The molecule has 2 N–H and O–H groups in total. The first-order chi connectivity index (χ1) is 10.1. The summed E-state index contributed by atoms with van der Waals surface area (Å²) in [6.07, 6.45) is 0. The molecule has 0 bridgehead atoms. The summed E-state index contributed by atoms with van der Waals surface area (Å²) in [6.45, 7) is 2.71. The molecule has 0 spiro atoms. The average Bonchev–Trinajstić information content (AvgIpc) is 2.99. The molecule has 1 aromatic heterocycles. The number of nitriles is 1. The van der Waals surface area contributed by atoms with Gasteiger partial charge in [-0.3, -0.25) is 4.79 Å². The highest BCUT2D eigenvalue weighted by Crippen LogP contribution is 2.13. The third kappa shape index (κ3) is 3.91. The first-order valence-electron chi connectivity index (χ1n) is 6.76. The number of anilines is 1. The van der Waals surface area contributed by atoms with Crippen LogP contribution in [0.25, 0.3) is 0 Å². The van der Waals surface area contributed by atoms with Gasteiger partial charge >= 0.3 is 0 Å². The van der Waals surface area contributed by atoms with Crippen molar-refractivity contribution in [3.63, 3.8) is 0 Å². The zero-order chi connectivity index (χ0) is 15.2. The van der Waals surface area contributed by atoms with Gasteiger partial charge in [-0.2, -0.15) is 5.26 Å². The number of amides is 1. The lowest BCUT2D eigenvalue weighted by atomic mass is 10.2. The predicted molar refractivity (Wildman–Crippen MR) is 84.2 cm³/mol. The topological polar surface area (TPSA) is 57.3 Å². The van der Waals surface area contributed by atoms with E-state index in [2.05, 4.69) is 17.5 Å². The second kappa shape index (κ2) is 7.02. The van der Waals surface area contributed by atoms with Crippen molar-refractivity contribution in [3.8, 4) is 6.07 Å². The molecule has 4 nitrogen and oxygen atoms in total. The number of para-hydroxylation sites is 1. The number of quaternary nitrogens is 1. The van der Waals surface area contributed by atoms with E-state index in [1.165, 1.54) is 4.88 Å². The minimum absolute atomic E-state index is 0.0771. The minimum atomic E-state index is -0.196. The van der Waals surface area contributed by atoms with Crippen LogP contribution in [0.15, 0.2) is 41.8 Å². The molecule has 0 aliphatic rings.